The molecule has 164 valence electrons. The van der Waals surface area contributed by atoms with E-state index in [9.17, 15) is 14.4 Å². The lowest BCUT2D eigenvalue weighted by molar-refractivity contribution is -0.142. The van der Waals surface area contributed by atoms with E-state index < -0.39 is 12.0 Å². The number of benzene rings is 2. The maximum absolute atomic E-state index is 12.9. The highest BCUT2D eigenvalue weighted by Gasteiger charge is 2.34. The molecule has 1 atom stereocenters. The molecule has 0 unspecified atom stereocenters. The van der Waals surface area contributed by atoms with Gasteiger partial charge in [0.15, 0.2) is 22.7 Å². The van der Waals surface area contributed by atoms with Gasteiger partial charge in [-0.1, -0.05) is 23.7 Å². The fourth-order valence-corrected chi connectivity index (χ4v) is 4.04. The van der Waals surface area contributed by atoms with E-state index in [-0.39, 0.29) is 23.7 Å². The molecule has 3 heterocycles. The fourth-order valence-electron chi connectivity index (χ4n) is 3.86. The molecule has 32 heavy (non-hydrogen) atoms. The summed E-state index contributed by atoms with van der Waals surface area (Å²) < 4.78 is 17.1. The number of rotatable bonds is 2. The lowest BCUT2D eigenvalue weighted by Crippen LogP contribution is -2.55. The Morgan fingerprint density at radius 3 is 2.44 bits per heavy atom. The molecule has 0 spiro atoms. The monoisotopic (exact) mass is 454 g/mol. The van der Waals surface area contributed by atoms with Gasteiger partial charge in [-0.2, -0.15) is 0 Å². The van der Waals surface area contributed by atoms with Crippen molar-refractivity contribution < 1.29 is 23.5 Å². The van der Waals surface area contributed by atoms with Gasteiger partial charge < -0.3 is 23.7 Å². The van der Waals surface area contributed by atoms with Gasteiger partial charge in [0.2, 0.25) is 6.10 Å². The summed E-state index contributed by atoms with van der Waals surface area (Å²) in [6.07, 6.45) is -0.725. The third kappa shape index (κ3) is 3.78. The summed E-state index contributed by atoms with van der Waals surface area (Å²) in [4.78, 5) is 41.4. The molecule has 2 aromatic carbocycles. The number of carbonyl (C=O) groups excluding carboxylic acids is 2. The van der Waals surface area contributed by atoms with Crippen LogP contribution in [-0.2, 0) is 4.79 Å². The highest BCUT2D eigenvalue weighted by Crippen LogP contribution is 2.31. The Morgan fingerprint density at radius 1 is 0.938 bits per heavy atom. The van der Waals surface area contributed by atoms with Crippen molar-refractivity contribution in [3.63, 3.8) is 0 Å². The van der Waals surface area contributed by atoms with E-state index in [1.54, 1.807) is 34.1 Å². The van der Waals surface area contributed by atoms with Crippen molar-refractivity contribution in [3.8, 4) is 11.5 Å². The lowest BCUT2D eigenvalue weighted by Gasteiger charge is -2.36. The Balaban J connectivity index is 1.24. The minimum Gasteiger partial charge on any atom is -0.485 e. The van der Waals surface area contributed by atoms with Gasteiger partial charge in [-0.25, -0.2) is 0 Å². The number of hydrogen-bond acceptors (Lipinski definition) is 6. The standard InChI is InChI=1S/C23H19ClN2O6/c24-14-5-6-17-15(11-14)16(27)12-20(31-17)22(28)25-7-9-26(10-8-25)23(29)21-13-30-18-3-1-2-4-19(18)32-21/h1-6,11-12,21H,7-10,13H2/t21-/m1/s1. The van der Waals surface area contributed by atoms with Crippen LogP contribution >= 0.6 is 11.6 Å². The molecule has 2 aliphatic rings. The van der Waals surface area contributed by atoms with Crippen LogP contribution < -0.4 is 14.9 Å². The molecule has 1 aromatic heterocycles. The molecule has 8 nitrogen and oxygen atoms in total. The largest absolute Gasteiger partial charge is 0.485 e. The first kappa shape index (κ1) is 20.4. The van der Waals surface area contributed by atoms with Gasteiger partial charge >= 0.3 is 0 Å². The highest BCUT2D eigenvalue weighted by atomic mass is 35.5. The summed E-state index contributed by atoms with van der Waals surface area (Å²) in [7, 11) is 0. The molecule has 0 saturated carbocycles. The van der Waals surface area contributed by atoms with Crippen molar-refractivity contribution in [3.05, 3.63) is 69.5 Å². The number of ether oxygens (including phenoxy) is 2. The summed E-state index contributed by atoms with van der Waals surface area (Å²) in [5, 5.41) is 0.737. The first-order valence-electron chi connectivity index (χ1n) is 10.2. The quantitative estimate of drug-likeness (QED) is 0.591. The van der Waals surface area contributed by atoms with Crippen molar-refractivity contribution >= 4 is 34.4 Å². The van der Waals surface area contributed by atoms with E-state index in [0.29, 0.717) is 53.7 Å². The molecule has 2 amide bonds. The highest BCUT2D eigenvalue weighted by molar-refractivity contribution is 6.31. The number of amides is 2. The number of piperazine rings is 1. The molecule has 1 fully saturated rings. The van der Waals surface area contributed by atoms with Crippen molar-refractivity contribution in [1.82, 2.24) is 9.80 Å². The average molecular weight is 455 g/mol. The van der Waals surface area contributed by atoms with Gasteiger partial charge in [0, 0.05) is 37.3 Å². The third-order valence-corrected chi connectivity index (χ3v) is 5.80. The Kier molecular flexibility index (Phi) is 5.22. The number of carbonyl (C=O) groups is 2. The van der Waals surface area contributed by atoms with Gasteiger partial charge in [-0.15, -0.1) is 0 Å². The van der Waals surface area contributed by atoms with Gasteiger partial charge in [0.1, 0.15) is 12.2 Å². The molecule has 5 rings (SSSR count). The first-order chi connectivity index (χ1) is 15.5. The Hall–Kier alpha value is -3.52. The Bertz CT molecular complexity index is 1260. The molecular formula is C23H19ClN2O6. The minimum absolute atomic E-state index is 0.0368. The van der Waals surface area contributed by atoms with E-state index >= 15 is 0 Å². The SMILES string of the molecule is O=C(c1cc(=O)c2cc(Cl)ccc2o1)N1CCN(C(=O)[C@H]2COc3ccccc3O2)CC1. The van der Waals surface area contributed by atoms with Crippen LogP contribution in [-0.4, -0.2) is 60.5 Å². The Labute approximate surface area is 187 Å². The predicted molar refractivity (Wildman–Crippen MR) is 116 cm³/mol. The van der Waals surface area contributed by atoms with Crippen molar-refractivity contribution in [2.75, 3.05) is 32.8 Å². The van der Waals surface area contributed by atoms with Gasteiger partial charge in [0.25, 0.3) is 11.8 Å². The summed E-state index contributed by atoms with van der Waals surface area (Å²) in [5.74, 6) is 0.549. The first-order valence-corrected chi connectivity index (χ1v) is 10.6. The van der Waals surface area contributed by atoms with Crippen LogP contribution in [0.5, 0.6) is 11.5 Å². The molecule has 0 aliphatic carbocycles. The van der Waals surface area contributed by atoms with Crippen LogP contribution in [0, 0.1) is 0 Å². The number of halogens is 1. The van der Waals surface area contributed by atoms with E-state index in [4.69, 9.17) is 25.5 Å². The van der Waals surface area contributed by atoms with E-state index in [0.717, 1.165) is 0 Å². The molecule has 0 radical (unpaired) electrons. The van der Waals surface area contributed by atoms with E-state index in [1.165, 1.54) is 12.1 Å². The zero-order chi connectivity index (χ0) is 22.2. The molecular weight excluding hydrogens is 436 g/mol. The average Bonchev–Trinajstić information content (AvgIpc) is 2.83. The van der Waals surface area contributed by atoms with Gasteiger partial charge in [0.05, 0.1) is 5.39 Å². The molecule has 0 N–H and O–H groups in total. The second-order valence-corrected chi connectivity index (χ2v) is 8.03. The maximum Gasteiger partial charge on any atom is 0.289 e. The minimum atomic E-state index is -0.725. The molecule has 2 aliphatic heterocycles. The van der Waals surface area contributed by atoms with Crippen LogP contribution in [0.1, 0.15) is 10.6 Å². The molecule has 9 heteroatoms. The van der Waals surface area contributed by atoms with Crippen LogP contribution in [0.25, 0.3) is 11.0 Å². The van der Waals surface area contributed by atoms with Crippen LogP contribution in [0.2, 0.25) is 5.02 Å². The predicted octanol–water partition coefficient (Wildman–Crippen LogP) is 2.57. The second-order valence-electron chi connectivity index (χ2n) is 7.60. The summed E-state index contributed by atoms with van der Waals surface area (Å²) in [6.45, 7) is 1.47. The zero-order valence-electron chi connectivity index (χ0n) is 17.0. The second kappa shape index (κ2) is 8.20. The summed E-state index contributed by atoms with van der Waals surface area (Å²) >= 11 is 5.93. The Morgan fingerprint density at radius 2 is 1.66 bits per heavy atom. The van der Waals surface area contributed by atoms with Gasteiger partial charge in [-0.3, -0.25) is 14.4 Å². The number of nitrogens with zero attached hydrogens (tertiary/aromatic N) is 2. The lowest BCUT2D eigenvalue weighted by atomic mass is 10.2. The third-order valence-electron chi connectivity index (χ3n) is 5.56. The summed E-state index contributed by atoms with van der Waals surface area (Å²) in [5.41, 5.74) is -0.0329. The number of fused-ring (bicyclic) bond motifs is 2. The van der Waals surface area contributed by atoms with Crippen molar-refractivity contribution in [2.24, 2.45) is 0 Å². The van der Waals surface area contributed by atoms with E-state index in [2.05, 4.69) is 0 Å². The van der Waals surface area contributed by atoms with E-state index in [1.807, 2.05) is 12.1 Å². The van der Waals surface area contributed by atoms with Crippen molar-refractivity contribution in [2.45, 2.75) is 6.10 Å². The van der Waals surface area contributed by atoms with Crippen LogP contribution in [0.4, 0.5) is 0 Å². The summed E-state index contributed by atoms with van der Waals surface area (Å²) in [6, 6.07) is 13.1. The fraction of sp³-hybridized carbons (Fsp3) is 0.261. The van der Waals surface area contributed by atoms with Crippen LogP contribution in [0.3, 0.4) is 0 Å². The normalized spacial score (nSPS) is 18.0. The maximum atomic E-state index is 12.9. The van der Waals surface area contributed by atoms with Crippen LogP contribution in [0.15, 0.2) is 57.7 Å². The molecule has 0 bridgehead atoms. The topological polar surface area (TPSA) is 89.3 Å². The van der Waals surface area contributed by atoms with Gasteiger partial charge in [-0.05, 0) is 30.3 Å². The zero-order valence-corrected chi connectivity index (χ0v) is 17.7. The number of hydrogen-bond donors (Lipinski definition) is 0. The van der Waals surface area contributed by atoms with Crippen molar-refractivity contribution in [1.29, 1.82) is 0 Å². The smallest absolute Gasteiger partial charge is 0.289 e. The number of para-hydroxylation sites is 2. The molecule has 3 aromatic rings. The molecule has 1 saturated heterocycles.